The van der Waals surface area contributed by atoms with E-state index >= 15 is 0 Å². The summed E-state index contributed by atoms with van der Waals surface area (Å²) in [7, 11) is 0. The molecule has 15 heavy (non-hydrogen) atoms. The molecule has 0 amide bonds. The van der Waals surface area contributed by atoms with Crippen LogP contribution in [-0.4, -0.2) is 14.9 Å². The van der Waals surface area contributed by atoms with Crippen LogP contribution in [0.25, 0.3) is 0 Å². The van der Waals surface area contributed by atoms with Crippen LogP contribution in [0, 0.1) is 5.92 Å². The van der Waals surface area contributed by atoms with Crippen LogP contribution in [0.4, 0.5) is 0 Å². The molecule has 0 aromatic carbocycles. The van der Waals surface area contributed by atoms with E-state index in [-0.39, 0.29) is 0 Å². The summed E-state index contributed by atoms with van der Waals surface area (Å²) < 4.78 is 1.93. The first-order valence-electron chi connectivity index (χ1n) is 5.92. The van der Waals surface area contributed by atoms with Gasteiger partial charge in [0.15, 0.2) is 0 Å². The third kappa shape index (κ3) is 1.81. The Balaban J connectivity index is 2.21. The average molecular weight is 208 g/mol. The molecular formula is C12H20N2O. The van der Waals surface area contributed by atoms with Crippen molar-refractivity contribution in [3.05, 3.63) is 18.0 Å². The first-order chi connectivity index (χ1) is 7.16. The number of aliphatic hydroxyl groups is 1. The fraction of sp³-hybridized carbons (Fsp3) is 0.750. The third-order valence-electron chi connectivity index (χ3n) is 3.60. The molecule has 0 radical (unpaired) electrons. The minimum absolute atomic E-state index is 0.358. The van der Waals surface area contributed by atoms with Gasteiger partial charge in [0.25, 0.3) is 0 Å². The van der Waals surface area contributed by atoms with E-state index in [1.807, 2.05) is 17.1 Å². The number of hydrogen-bond donors (Lipinski definition) is 1. The summed E-state index contributed by atoms with van der Waals surface area (Å²) in [5, 5.41) is 14.8. The van der Waals surface area contributed by atoms with Gasteiger partial charge in [-0.3, -0.25) is 4.68 Å². The van der Waals surface area contributed by atoms with E-state index in [1.54, 1.807) is 0 Å². The summed E-state index contributed by atoms with van der Waals surface area (Å²) in [6.45, 7) is 5.20. The Morgan fingerprint density at radius 2 is 2.47 bits per heavy atom. The monoisotopic (exact) mass is 208 g/mol. The van der Waals surface area contributed by atoms with Crippen LogP contribution >= 0.6 is 0 Å². The van der Waals surface area contributed by atoms with Crippen molar-refractivity contribution in [1.29, 1.82) is 0 Å². The Hall–Kier alpha value is -0.830. The molecule has 1 aromatic rings. The van der Waals surface area contributed by atoms with E-state index in [1.165, 1.54) is 0 Å². The number of aromatic nitrogens is 2. The average Bonchev–Trinajstić information content (AvgIpc) is 2.77. The quantitative estimate of drug-likeness (QED) is 0.827. The number of rotatable bonds is 3. The minimum atomic E-state index is -0.619. The molecule has 2 atom stereocenters. The van der Waals surface area contributed by atoms with Crippen molar-refractivity contribution in [3.63, 3.8) is 0 Å². The van der Waals surface area contributed by atoms with E-state index in [0.717, 1.165) is 37.8 Å². The van der Waals surface area contributed by atoms with E-state index in [4.69, 9.17) is 0 Å². The molecule has 84 valence electrons. The second-order valence-electron chi connectivity index (χ2n) is 4.71. The van der Waals surface area contributed by atoms with Crippen LogP contribution in [0.2, 0.25) is 0 Å². The van der Waals surface area contributed by atoms with Gasteiger partial charge in [-0.15, -0.1) is 0 Å². The molecule has 2 rings (SSSR count). The molecule has 0 saturated heterocycles. The summed E-state index contributed by atoms with van der Waals surface area (Å²) in [6.07, 6.45) is 8.04. The van der Waals surface area contributed by atoms with E-state index in [9.17, 15) is 5.11 Å². The maximum Gasteiger partial charge on any atom is 0.0952 e. The topological polar surface area (TPSA) is 38.0 Å². The van der Waals surface area contributed by atoms with E-state index in [2.05, 4.69) is 18.9 Å². The molecule has 0 bridgehead atoms. The number of hydrogen-bond acceptors (Lipinski definition) is 2. The Morgan fingerprint density at radius 3 is 3.07 bits per heavy atom. The van der Waals surface area contributed by atoms with Gasteiger partial charge in [-0.2, -0.15) is 5.10 Å². The Labute approximate surface area is 91.1 Å². The molecule has 3 nitrogen and oxygen atoms in total. The second-order valence-corrected chi connectivity index (χ2v) is 4.71. The van der Waals surface area contributed by atoms with Crippen molar-refractivity contribution >= 4 is 0 Å². The lowest BCUT2D eigenvalue weighted by atomic mass is 9.87. The fourth-order valence-electron chi connectivity index (χ4n) is 2.53. The van der Waals surface area contributed by atoms with Gasteiger partial charge in [-0.25, -0.2) is 0 Å². The van der Waals surface area contributed by atoms with Crippen LogP contribution in [0.5, 0.6) is 0 Å². The summed E-state index contributed by atoms with van der Waals surface area (Å²) in [6, 6.07) is 0. The van der Waals surface area contributed by atoms with E-state index < -0.39 is 5.60 Å². The molecule has 1 fully saturated rings. The van der Waals surface area contributed by atoms with Gasteiger partial charge < -0.3 is 5.11 Å². The highest BCUT2D eigenvalue weighted by Crippen LogP contribution is 2.42. The lowest BCUT2D eigenvalue weighted by Gasteiger charge is -2.26. The van der Waals surface area contributed by atoms with Gasteiger partial charge in [0.2, 0.25) is 0 Å². The fourth-order valence-corrected chi connectivity index (χ4v) is 2.53. The number of nitrogens with zero attached hydrogens (tertiary/aromatic N) is 2. The zero-order chi connectivity index (χ0) is 10.9. The maximum absolute atomic E-state index is 10.6. The normalized spacial score (nSPS) is 31.0. The summed E-state index contributed by atoms with van der Waals surface area (Å²) in [4.78, 5) is 0. The van der Waals surface area contributed by atoms with Crippen LogP contribution < -0.4 is 0 Å². The SMILES string of the molecule is CCCn1cc(C2(O)CCCC2C)cn1. The van der Waals surface area contributed by atoms with Gasteiger partial charge in [-0.1, -0.05) is 13.8 Å². The predicted octanol–water partition coefficient (Wildman–Crippen LogP) is 2.30. The molecule has 1 aliphatic rings. The molecule has 1 saturated carbocycles. The third-order valence-corrected chi connectivity index (χ3v) is 3.60. The summed E-state index contributed by atoms with van der Waals surface area (Å²) in [5.74, 6) is 0.358. The summed E-state index contributed by atoms with van der Waals surface area (Å²) >= 11 is 0. The van der Waals surface area contributed by atoms with Gasteiger partial charge in [0.1, 0.15) is 0 Å². The van der Waals surface area contributed by atoms with Gasteiger partial charge >= 0.3 is 0 Å². The molecular weight excluding hydrogens is 188 g/mol. The molecule has 1 heterocycles. The van der Waals surface area contributed by atoms with Gasteiger partial charge in [0, 0.05) is 18.3 Å². The van der Waals surface area contributed by atoms with Crippen LogP contribution in [0.3, 0.4) is 0 Å². The minimum Gasteiger partial charge on any atom is -0.385 e. The van der Waals surface area contributed by atoms with Crippen molar-refractivity contribution < 1.29 is 5.11 Å². The standard InChI is InChI=1S/C12H20N2O/c1-3-7-14-9-11(8-13-14)12(15)6-4-5-10(12)2/h8-10,15H,3-7H2,1-2H3. The maximum atomic E-state index is 10.6. The van der Waals surface area contributed by atoms with Gasteiger partial charge in [0.05, 0.1) is 11.8 Å². The highest BCUT2D eigenvalue weighted by atomic mass is 16.3. The zero-order valence-electron chi connectivity index (χ0n) is 9.61. The molecule has 1 aliphatic carbocycles. The van der Waals surface area contributed by atoms with Crippen LogP contribution in [0.1, 0.15) is 45.1 Å². The summed E-state index contributed by atoms with van der Waals surface area (Å²) in [5.41, 5.74) is 0.382. The molecule has 1 aromatic heterocycles. The largest absolute Gasteiger partial charge is 0.385 e. The van der Waals surface area contributed by atoms with Crippen molar-refractivity contribution in [3.8, 4) is 0 Å². The smallest absolute Gasteiger partial charge is 0.0952 e. The lowest BCUT2D eigenvalue weighted by Crippen LogP contribution is -2.27. The van der Waals surface area contributed by atoms with Crippen LogP contribution in [-0.2, 0) is 12.1 Å². The number of aryl methyl sites for hydroxylation is 1. The van der Waals surface area contributed by atoms with Gasteiger partial charge in [-0.05, 0) is 31.6 Å². The first kappa shape index (κ1) is 10.7. The van der Waals surface area contributed by atoms with Crippen molar-refractivity contribution in [1.82, 2.24) is 9.78 Å². The lowest BCUT2D eigenvalue weighted by molar-refractivity contribution is 0.00440. The Morgan fingerprint density at radius 1 is 1.67 bits per heavy atom. The molecule has 3 heteroatoms. The van der Waals surface area contributed by atoms with Crippen molar-refractivity contribution in [2.75, 3.05) is 0 Å². The van der Waals surface area contributed by atoms with E-state index in [0.29, 0.717) is 5.92 Å². The predicted molar refractivity (Wildman–Crippen MR) is 59.4 cm³/mol. The Kier molecular flexibility index (Phi) is 2.83. The van der Waals surface area contributed by atoms with Crippen LogP contribution in [0.15, 0.2) is 12.4 Å². The Bertz CT molecular complexity index is 334. The molecule has 0 spiro atoms. The second kappa shape index (κ2) is 3.97. The van der Waals surface area contributed by atoms with Crippen molar-refractivity contribution in [2.45, 2.75) is 51.7 Å². The molecule has 1 N–H and O–H groups in total. The molecule has 2 unspecified atom stereocenters. The molecule has 0 aliphatic heterocycles. The highest BCUT2D eigenvalue weighted by molar-refractivity contribution is 5.18. The zero-order valence-corrected chi connectivity index (χ0v) is 9.61. The van der Waals surface area contributed by atoms with Crippen molar-refractivity contribution in [2.24, 2.45) is 5.92 Å². The first-order valence-corrected chi connectivity index (χ1v) is 5.92. The highest BCUT2D eigenvalue weighted by Gasteiger charge is 2.40.